The normalized spacial score (nSPS) is 17.1. The predicted octanol–water partition coefficient (Wildman–Crippen LogP) is 4.23. The summed E-state index contributed by atoms with van der Waals surface area (Å²) in [6.45, 7) is 2.93. The minimum atomic E-state index is -4.36. The van der Waals surface area contributed by atoms with Gasteiger partial charge in [0.25, 0.3) is 0 Å². The second-order valence-electron chi connectivity index (χ2n) is 6.73. The minimum Gasteiger partial charge on any atom is -0.469 e. The summed E-state index contributed by atoms with van der Waals surface area (Å²) in [7, 11) is 0. The summed E-state index contributed by atoms with van der Waals surface area (Å²) in [6.07, 6.45) is -1.06. The predicted molar refractivity (Wildman–Crippen MR) is 115 cm³/mol. The number of guanidine groups is 1. The van der Waals surface area contributed by atoms with Gasteiger partial charge in [0.05, 0.1) is 25.0 Å². The number of furan rings is 1. The van der Waals surface area contributed by atoms with Crippen molar-refractivity contribution in [1.29, 1.82) is 0 Å². The molecule has 2 N–H and O–H groups in total. The summed E-state index contributed by atoms with van der Waals surface area (Å²) in [6, 6.07) is 8.97. The molecule has 9 heteroatoms. The molecule has 2 heterocycles. The van der Waals surface area contributed by atoms with Crippen LogP contribution in [0.5, 0.6) is 0 Å². The van der Waals surface area contributed by atoms with E-state index in [2.05, 4.69) is 15.6 Å². The first-order valence-electron chi connectivity index (χ1n) is 9.29. The quantitative estimate of drug-likeness (QED) is 0.324. The number of rotatable bonds is 7. The van der Waals surface area contributed by atoms with Crippen LogP contribution in [0.15, 0.2) is 52.1 Å². The van der Waals surface area contributed by atoms with Crippen LogP contribution in [0.3, 0.4) is 0 Å². The summed E-state index contributed by atoms with van der Waals surface area (Å²) in [5.74, 6) is 1.83. The largest absolute Gasteiger partial charge is 0.469 e. The fourth-order valence-electron chi connectivity index (χ4n) is 2.93. The maximum absolute atomic E-state index is 12.9. The molecule has 5 nitrogen and oxygen atoms in total. The maximum Gasteiger partial charge on any atom is 0.416 e. The maximum atomic E-state index is 12.9. The molecular formula is C20H25F3IN3O2. The van der Waals surface area contributed by atoms with Gasteiger partial charge in [0.1, 0.15) is 5.76 Å². The number of aliphatic imine (C=N–C) groups is 1. The second kappa shape index (κ2) is 11.4. The smallest absolute Gasteiger partial charge is 0.416 e. The van der Waals surface area contributed by atoms with Gasteiger partial charge in [0.15, 0.2) is 5.96 Å². The Morgan fingerprint density at radius 1 is 1.17 bits per heavy atom. The van der Waals surface area contributed by atoms with E-state index in [9.17, 15) is 13.2 Å². The number of hydrogen-bond donors (Lipinski definition) is 2. The molecule has 0 spiro atoms. The van der Waals surface area contributed by atoms with Crippen molar-refractivity contribution in [3.63, 3.8) is 0 Å². The number of ether oxygens (including phenoxy) is 1. The second-order valence-corrected chi connectivity index (χ2v) is 6.73. The van der Waals surface area contributed by atoms with Gasteiger partial charge in [-0.05, 0) is 36.2 Å². The fourth-order valence-corrected chi connectivity index (χ4v) is 2.93. The molecule has 29 heavy (non-hydrogen) atoms. The molecule has 1 atom stereocenters. The van der Waals surface area contributed by atoms with Crippen molar-refractivity contribution in [2.45, 2.75) is 25.6 Å². The van der Waals surface area contributed by atoms with Gasteiger partial charge in [0, 0.05) is 32.0 Å². The Balaban J connectivity index is 0.00000300. The molecule has 160 valence electrons. The van der Waals surface area contributed by atoms with Crippen LogP contribution in [0.2, 0.25) is 0 Å². The van der Waals surface area contributed by atoms with E-state index in [4.69, 9.17) is 9.15 Å². The summed E-state index contributed by atoms with van der Waals surface area (Å²) >= 11 is 0. The Kier molecular flexibility index (Phi) is 9.28. The van der Waals surface area contributed by atoms with E-state index in [1.165, 1.54) is 6.07 Å². The Labute approximate surface area is 185 Å². The van der Waals surface area contributed by atoms with Gasteiger partial charge in [-0.25, -0.2) is 4.99 Å². The highest BCUT2D eigenvalue weighted by Gasteiger charge is 2.30. The highest BCUT2D eigenvalue weighted by atomic mass is 127. The van der Waals surface area contributed by atoms with Crippen LogP contribution in [-0.4, -0.2) is 32.3 Å². The highest BCUT2D eigenvalue weighted by Crippen LogP contribution is 2.29. The molecule has 1 aliphatic rings. The number of nitrogens with one attached hydrogen (secondary N) is 2. The number of halogens is 4. The van der Waals surface area contributed by atoms with Crippen LogP contribution < -0.4 is 10.6 Å². The number of alkyl halides is 3. The Hall–Kier alpha value is -1.75. The van der Waals surface area contributed by atoms with E-state index < -0.39 is 11.7 Å². The van der Waals surface area contributed by atoms with Gasteiger partial charge in [-0.2, -0.15) is 13.2 Å². The molecule has 1 aromatic carbocycles. The van der Waals surface area contributed by atoms with Crippen LogP contribution in [0.4, 0.5) is 13.2 Å². The van der Waals surface area contributed by atoms with E-state index in [-0.39, 0.29) is 30.5 Å². The Morgan fingerprint density at radius 2 is 2.03 bits per heavy atom. The summed E-state index contributed by atoms with van der Waals surface area (Å²) in [5, 5.41) is 6.48. The monoisotopic (exact) mass is 523 g/mol. The molecule has 0 aliphatic carbocycles. The fraction of sp³-hybridized carbons (Fsp3) is 0.450. The first-order valence-corrected chi connectivity index (χ1v) is 9.29. The van der Waals surface area contributed by atoms with Crippen molar-refractivity contribution in [3.8, 4) is 0 Å². The summed E-state index contributed by atoms with van der Waals surface area (Å²) in [4.78, 5) is 4.45. The van der Waals surface area contributed by atoms with Gasteiger partial charge < -0.3 is 19.8 Å². The lowest BCUT2D eigenvalue weighted by Gasteiger charge is -2.15. The van der Waals surface area contributed by atoms with Gasteiger partial charge in [-0.15, -0.1) is 24.0 Å². The van der Waals surface area contributed by atoms with Crippen molar-refractivity contribution in [1.82, 2.24) is 10.6 Å². The molecule has 0 bridgehead atoms. The number of nitrogens with zero attached hydrogens (tertiary/aromatic N) is 1. The zero-order valence-corrected chi connectivity index (χ0v) is 18.2. The van der Waals surface area contributed by atoms with E-state index in [1.54, 1.807) is 12.3 Å². The SMILES string of the molecule is FC(F)(F)c1cccc(CN=C(NCCc2ccco2)NCC2CCOC2)c1.I. The first kappa shape index (κ1) is 23.5. The lowest BCUT2D eigenvalue weighted by molar-refractivity contribution is -0.137. The van der Waals surface area contributed by atoms with E-state index in [0.29, 0.717) is 43.6 Å². The van der Waals surface area contributed by atoms with Crippen molar-refractivity contribution >= 4 is 29.9 Å². The highest BCUT2D eigenvalue weighted by molar-refractivity contribution is 14.0. The average Bonchev–Trinajstić information content (AvgIpc) is 3.37. The zero-order chi connectivity index (χ0) is 19.8. The van der Waals surface area contributed by atoms with Crippen LogP contribution in [0, 0.1) is 5.92 Å². The number of hydrogen-bond acceptors (Lipinski definition) is 3. The van der Waals surface area contributed by atoms with Crippen molar-refractivity contribution < 1.29 is 22.3 Å². The molecule has 1 aromatic heterocycles. The van der Waals surface area contributed by atoms with Crippen LogP contribution in [-0.2, 0) is 23.9 Å². The molecule has 1 aliphatic heterocycles. The first-order chi connectivity index (χ1) is 13.5. The van der Waals surface area contributed by atoms with Crippen molar-refractivity contribution in [3.05, 3.63) is 59.5 Å². The number of benzene rings is 1. The van der Waals surface area contributed by atoms with Gasteiger partial charge in [-0.1, -0.05) is 12.1 Å². The third-order valence-corrected chi connectivity index (χ3v) is 4.50. The molecule has 1 saturated heterocycles. The lowest BCUT2D eigenvalue weighted by Crippen LogP contribution is -2.40. The van der Waals surface area contributed by atoms with E-state index >= 15 is 0 Å². The lowest BCUT2D eigenvalue weighted by atomic mass is 10.1. The van der Waals surface area contributed by atoms with Crippen LogP contribution in [0.25, 0.3) is 0 Å². The average molecular weight is 523 g/mol. The Morgan fingerprint density at radius 3 is 2.72 bits per heavy atom. The summed E-state index contributed by atoms with van der Waals surface area (Å²) in [5.41, 5.74) is -0.158. The molecular weight excluding hydrogens is 498 g/mol. The van der Waals surface area contributed by atoms with Gasteiger partial charge in [-0.3, -0.25) is 0 Å². The third kappa shape index (κ3) is 7.88. The molecule has 1 unspecified atom stereocenters. The zero-order valence-electron chi connectivity index (χ0n) is 15.9. The van der Waals surface area contributed by atoms with Gasteiger partial charge >= 0.3 is 6.18 Å². The summed E-state index contributed by atoms with van der Waals surface area (Å²) < 4.78 is 49.3. The van der Waals surface area contributed by atoms with Crippen LogP contribution in [0.1, 0.15) is 23.3 Å². The van der Waals surface area contributed by atoms with Gasteiger partial charge in [0.2, 0.25) is 0 Å². The van der Waals surface area contributed by atoms with E-state index in [1.807, 2.05) is 12.1 Å². The minimum absolute atomic E-state index is 0. The molecule has 0 radical (unpaired) electrons. The molecule has 3 rings (SSSR count). The molecule has 0 saturated carbocycles. The van der Waals surface area contributed by atoms with E-state index in [0.717, 1.165) is 30.9 Å². The Bertz CT molecular complexity index is 761. The molecule has 2 aromatic rings. The molecule has 1 fully saturated rings. The molecule has 0 amide bonds. The van der Waals surface area contributed by atoms with Crippen molar-refractivity contribution in [2.24, 2.45) is 10.9 Å². The topological polar surface area (TPSA) is 58.8 Å². The standard InChI is InChI=1S/C20H24F3N3O2.HI/c21-20(22,23)17-4-1-3-15(11-17)12-25-19(26-13-16-7-10-27-14-16)24-8-6-18-5-2-9-28-18;/h1-5,9,11,16H,6-8,10,12-14H2,(H2,24,25,26);1H. The van der Waals surface area contributed by atoms with Crippen molar-refractivity contribution in [2.75, 3.05) is 26.3 Å². The third-order valence-electron chi connectivity index (χ3n) is 4.50. The van der Waals surface area contributed by atoms with Crippen LogP contribution >= 0.6 is 24.0 Å².